The number of likely N-dealkylation sites (tertiary alicyclic amines) is 1. The molecule has 10 rings (SSSR count). The number of hydrogen-bond acceptors (Lipinski definition) is 13. The molecule has 3 aromatic carbocycles. The summed E-state index contributed by atoms with van der Waals surface area (Å²) in [6, 6.07) is 17.6. The third-order valence-corrected chi connectivity index (χ3v) is 17.7. The number of aromatic amines is 1. The molecule has 0 saturated carbocycles. The first-order chi connectivity index (χ1) is 38.8. The second-order valence-electron chi connectivity index (χ2n) is 22.7. The smallest absolute Gasteiger partial charge is 0.277 e. The van der Waals surface area contributed by atoms with E-state index >= 15 is 8.78 Å². The van der Waals surface area contributed by atoms with Crippen LogP contribution >= 0.6 is 11.3 Å². The summed E-state index contributed by atoms with van der Waals surface area (Å²) in [7, 11) is 0. The second kappa shape index (κ2) is 24.5. The van der Waals surface area contributed by atoms with Crippen molar-refractivity contribution in [3.8, 4) is 21.6 Å². The summed E-state index contributed by atoms with van der Waals surface area (Å²) in [6.07, 6.45) is 2.98. The van der Waals surface area contributed by atoms with Gasteiger partial charge < -0.3 is 35.4 Å². The number of aliphatic hydroxyl groups excluding tert-OH is 1. The summed E-state index contributed by atoms with van der Waals surface area (Å²) in [5.41, 5.74) is 5.42. The largest absolute Gasteiger partial charge is 0.391 e. The number of aromatic nitrogens is 3. The molecule has 23 heteroatoms. The molecule has 0 aliphatic carbocycles. The van der Waals surface area contributed by atoms with Gasteiger partial charge in [0.05, 0.1) is 40.8 Å². The number of hydrazine groups is 1. The van der Waals surface area contributed by atoms with Gasteiger partial charge in [-0.05, 0) is 84.5 Å². The number of amides is 3. The average Bonchev–Trinajstić information content (AvgIpc) is 4.32. The molecule has 3 amide bonds. The number of piperazine rings is 1. The van der Waals surface area contributed by atoms with E-state index in [1.165, 1.54) is 11.1 Å². The lowest BCUT2D eigenvalue weighted by Crippen LogP contribution is -2.59. The molecular formula is C58H68F3N11O7S2. The second-order valence-corrected chi connectivity index (χ2v) is 24.4. The number of pyridine rings is 1. The molecule has 6 aromatic rings. The van der Waals surface area contributed by atoms with Crippen molar-refractivity contribution >= 4 is 68.5 Å². The number of aryl methyl sites for hydroxylation is 1. The summed E-state index contributed by atoms with van der Waals surface area (Å²) < 4.78 is 68.5. The lowest BCUT2D eigenvalue weighted by Gasteiger charge is -2.39. The van der Waals surface area contributed by atoms with Gasteiger partial charge in [-0.3, -0.25) is 28.6 Å². The zero-order valence-corrected chi connectivity index (χ0v) is 47.4. The van der Waals surface area contributed by atoms with Crippen LogP contribution in [-0.4, -0.2) is 168 Å². The normalized spacial score (nSPS) is 20.4. The fraction of sp³-hybridized carbons (Fsp3) is 0.448. The predicted molar refractivity (Wildman–Crippen MR) is 305 cm³/mol. The molecule has 0 spiro atoms. The van der Waals surface area contributed by atoms with Gasteiger partial charge in [-0.2, -0.15) is 4.41 Å². The number of alkyl halides is 1. The van der Waals surface area contributed by atoms with Crippen LogP contribution in [0.3, 0.4) is 0 Å². The summed E-state index contributed by atoms with van der Waals surface area (Å²) in [5, 5.41) is 18.2. The monoisotopic (exact) mass is 1150 g/mol. The Morgan fingerprint density at radius 3 is 2.25 bits per heavy atom. The first-order valence-electron chi connectivity index (χ1n) is 27.4. The molecule has 5 atom stereocenters. The quantitative estimate of drug-likeness (QED) is 0.0475. The number of ketones is 1. The lowest BCUT2D eigenvalue weighted by molar-refractivity contribution is -0.144. The molecule has 81 heavy (non-hydrogen) atoms. The standard InChI is InChI=1S/C58H68F3N11O7S2/c1-35-53(80-34-65-35)39-7-5-36(6-8-39)27-64-56(76)48-26-43(73)32-71(48)57(77)54(58(2,3)4)66-49(74)33-68-23-21-67(22-24-68)30-37-15-18-69(19-16-37)42-11-9-38(10-12-42)40-25-44-45(29-63-55(44)62-28-40)52(75)50-46(60)13-14-47(51(50)61)72(81(78)79)70-20-17-41(59)31-70/h5-14,25,28-29,34,37,41,43,48,54,73H,15-24,26-27,30-33H2,1-4H3,(H,62,63)(H,64,76)(H,66,74)(H,78,79)/t41-,43-,48+,54-/m1/s1. The maximum atomic E-state index is 16.1. The molecule has 4 aliphatic heterocycles. The summed E-state index contributed by atoms with van der Waals surface area (Å²) in [4.78, 5) is 76.6. The van der Waals surface area contributed by atoms with Crippen molar-refractivity contribution in [3.63, 3.8) is 0 Å². The number of thiazole rings is 1. The molecule has 18 nitrogen and oxygen atoms in total. The number of piperidine rings is 1. The SMILES string of the molecule is Cc1ncsc1-c1ccc(CNC(=O)[C@@H]2C[C@@H](O)CN2C(=O)[C@@H](NC(=O)CN2CCN(CC3CCN(c4ccc(-c5cnc6[nH]cc(C(=O)c7c(F)ccc(N(N8CC[C@@H](F)C8)S(=O)O)c7F)c6c5)cc4)CC3)CC2)C(C)(C)C)cc1. The highest BCUT2D eigenvalue weighted by molar-refractivity contribution is 7.80. The zero-order chi connectivity index (χ0) is 57.3. The Kier molecular flexibility index (Phi) is 17.4. The molecular weight excluding hydrogens is 1080 g/mol. The number of carbonyl (C=O) groups excluding carboxylic acids is 4. The Hall–Kier alpha value is -6.60. The molecule has 430 valence electrons. The highest BCUT2D eigenvalue weighted by Gasteiger charge is 2.45. The van der Waals surface area contributed by atoms with E-state index in [9.17, 15) is 37.4 Å². The van der Waals surface area contributed by atoms with Crippen molar-refractivity contribution in [2.75, 3.05) is 81.3 Å². The van der Waals surface area contributed by atoms with E-state index in [1.807, 2.05) is 81.7 Å². The van der Waals surface area contributed by atoms with Crippen LogP contribution < -0.4 is 19.9 Å². The van der Waals surface area contributed by atoms with Crippen LogP contribution in [-0.2, 0) is 32.2 Å². The highest BCUT2D eigenvalue weighted by atomic mass is 32.2. The van der Waals surface area contributed by atoms with Crippen LogP contribution in [0, 0.1) is 29.9 Å². The molecule has 4 saturated heterocycles. The van der Waals surface area contributed by atoms with Crippen LogP contribution in [0.2, 0.25) is 0 Å². The van der Waals surface area contributed by atoms with Crippen molar-refractivity contribution in [1.82, 2.24) is 45.3 Å². The van der Waals surface area contributed by atoms with Crippen LogP contribution in [0.1, 0.15) is 73.6 Å². The maximum Gasteiger partial charge on any atom is 0.277 e. The number of halogens is 3. The summed E-state index contributed by atoms with van der Waals surface area (Å²) in [5.74, 6) is -4.02. The fourth-order valence-electron chi connectivity index (χ4n) is 11.5. The van der Waals surface area contributed by atoms with Gasteiger partial charge in [-0.25, -0.2) is 32.4 Å². The van der Waals surface area contributed by atoms with E-state index in [-0.39, 0.29) is 62.9 Å². The first-order valence-corrected chi connectivity index (χ1v) is 29.4. The molecule has 3 aromatic heterocycles. The van der Waals surface area contributed by atoms with Crippen molar-refractivity contribution in [3.05, 3.63) is 119 Å². The number of benzene rings is 3. The third kappa shape index (κ3) is 12.9. The number of carbonyl (C=O) groups is 4. The average molecular weight is 1150 g/mol. The van der Waals surface area contributed by atoms with Crippen LogP contribution in [0.5, 0.6) is 0 Å². The fourth-order valence-corrected chi connectivity index (χ4v) is 13.0. The van der Waals surface area contributed by atoms with Crippen molar-refractivity contribution in [2.45, 2.75) is 84.3 Å². The van der Waals surface area contributed by atoms with Crippen LogP contribution in [0.4, 0.5) is 24.5 Å². The highest BCUT2D eigenvalue weighted by Crippen LogP contribution is 2.35. The minimum atomic E-state index is -2.83. The number of nitrogens with one attached hydrogen (secondary N) is 3. The van der Waals surface area contributed by atoms with Gasteiger partial charge in [0.25, 0.3) is 11.3 Å². The van der Waals surface area contributed by atoms with E-state index in [1.54, 1.807) is 23.6 Å². The number of fused-ring (bicyclic) bond motifs is 1. The van der Waals surface area contributed by atoms with Gasteiger partial charge in [-0.1, -0.05) is 57.2 Å². The molecule has 4 aliphatic rings. The van der Waals surface area contributed by atoms with E-state index < -0.39 is 75.6 Å². The van der Waals surface area contributed by atoms with Crippen molar-refractivity contribution in [2.24, 2.45) is 11.3 Å². The maximum absolute atomic E-state index is 16.1. The van der Waals surface area contributed by atoms with Gasteiger partial charge in [0.1, 0.15) is 35.4 Å². The molecule has 4 fully saturated rings. The number of rotatable bonds is 17. The van der Waals surface area contributed by atoms with Gasteiger partial charge in [-0.15, -0.1) is 11.3 Å². The van der Waals surface area contributed by atoms with Gasteiger partial charge in [0.15, 0.2) is 5.82 Å². The van der Waals surface area contributed by atoms with Crippen LogP contribution in [0.25, 0.3) is 32.6 Å². The molecule has 7 heterocycles. The van der Waals surface area contributed by atoms with E-state index in [2.05, 4.69) is 40.3 Å². The Morgan fingerprint density at radius 2 is 1.59 bits per heavy atom. The third-order valence-electron chi connectivity index (χ3n) is 16.0. The summed E-state index contributed by atoms with van der Waals surface area (Å²) in [6.45, 7) is 13.5. The Bertz CT molecular complexity index is 3290. The predicted octanol–water partition coefficient (Wildman–Crippen LogP) is 6.72. The molecule has 1 unspecified atom stereocenters. The zero-order valence-electron chi connectivity index (χ0n) is 45.7. The Morgan fingerprint density at radius 1 is 0.889 bits per heavy atom. The molecule has 0 bridgehead atoms. The Labute approximate surface area is 475 Å². The number of H-pyrrole nitrogens is 1. The van der Waals surface area contributed by atoms with Crippen molar-refractivity contribution < 1.29 is 46.2 Å². The number of nitrogens with zero attached hydrogens (tertiary/aromatic N) is 8. The number of anilines is 2. The Balaban J connectivity index is 0.683. The van der Waals surface area contributed by atoms with Gasteiger partial charge in [0.2, 0.25) is 23.5 Å². The minimum Gasteiger partial charge on any atom is -0.391 e. The van der Waals surface area contributed by atoms with Gasteiger partial charge in [0, 0.05) is 106 Å². The van der Waals surface area contributed by atoms with Crippen molar-refractivity contribution in [1.29, 1.82) is 0 Å². The first kappa shape index (κ1) is 57.6. The van der Waals surface area contributed by atoms with E-state index in [4.69, 9.17) is 0 Å². The van der Waals surface area contributed by atoms with E-state index in [0.717, 1.165) is 95.7 Å². The van der Waals surface area contributed by atoms with Gasteiger partial charge >= 0.3 is 0 Å². The number of hydrogen-bond donors (Lipinski definition) is 5. The number of β-amino-alcohol motifs (C(OH)–C–C–N with tert-alkyl or cyclic N) is 1. The topological polar surface area (TPSA) is 211 Å². The minimum absolute atomic E-state index is 0.000827. The summed E-state index contributed by atoms with van der Waals surface area (Å²) >= 11 is -1.26. The molecule has 0 radical (unpaired) electrons. The van der Waals surface area contributed by atoms with Crippen LogP contribution in [0.15, 0.2) is 84.6 Å². The number of aliphatic hydroxyl groups is 1. The lowest BCUT2D eigenvalue weighted by atomic mass is 9.85. The van der Waals surface area contributed by atoms with E-state index in [0.29, 0.717) is 40.0 Å². The molecule has 5 N–H and O–H groups in total.